The van der Waals surface area contributed by atoms with Crippen LogP contribution in [0.4, 0.5) is 5.13 Å². The van der Waals surface area contributed by atoms with Crippen LogP contribution in [0.1, 0.15) is 29.9 Å². The number of thiazole rings is 1. The summed E-state index contributed by atoms with van der Waals surface area (Å²) < 4.78 is 0. The second kappa shape index (κ2) is 6.15. The molecule has 7 heteroatoms. The summed E-state index contributed by atoms with van der Waals surface area (Å²) in [6.45, 7) is 3.89. The fraction of sp³-hybridized carbons (Fsp3) is 0.308. The first-order valence-electron chi connectivity index (χ1n) is 6.05. The Labute approximate surface area is 124 Å². The van der Waals surface area contributed by atoms with Crippen molar-refractivity contribution < 1.29 is 14.7 Å². The maximum absolute atomic E-state index is 11.7. The molecular weight excluding hydrogens is 296 g/mol. The van der Waals surface area contributed by atoms with Gasteiger partial charge >= 0.3 is 5.97 Å². The van der Waals surface area contributed by atoms with Crippen molar-refractivity contribution in [3.8, 4) is 10.6 Å². The molecule has 0 radical (unpaired) electrons. The van der Waals surface area contributed by atoms with E-state index in [0.29, 0.717) is 17.2 Å². The van der Waals surface area contributed by atoms with E-state index in [-0.39, 0.29) is 16.7 Å². The zero-order valence-corrected chi connectivity index (χ0v) is 12.7. The van der Waals surface area contributed by atoms with Crippen LogP contribution in [0.25, 0.3) is 10.6 Å². The van der Waals surface area contributed by atoms with Gasteiger partial charge < -0.3 is 10.4 Å². The number of carboxylic acids is 1. The molecule has 2 aromatic heterocycles. The molecule has 2 heterocycles. The number of aromatic nitrogens is 1. The lowest BCUT2D eigenvalue weighted by molar-refractivity contribution is -0.116. The summed E-state index contributed by atoms with van der Waals surface area (Å²) in [5.74, 6) is -0.940. The van der Waals surface area contributed by atoms with E-state index in [1.807, 2.05) is 31.4 Å². The summed E-state index contributed by atoms with van der Waals surface area (Å²) >= 11 is 2.40. The summed E-state index contributed by atoms with van der Waals surface area (Å²) in [5.41, 5.74) is 0.414. The van der Waals surface area contributed by atoms with Crippen LogP contribution >= 0.6 is 22.7 Å². The molecule has 1 amide bonds. The lowest BCUT2D eigenvalue weighted by Crippen LogP contribution is -2.13. The second-order valence-electron chi connectivity index (χ2n) is 4.63. The average molecular weight is 310 g/mol. The zero-order valence-electron chi connectivity index (χ0n) is 11.0. The predicted octanol–water partition coefficient (Wildman–Crippen LogP) is 3.55. The van der Waals surface area contributed by atoms with E-state index in [1.165, 1.54) is 11.3 Å². The Morgan fingerprint density at radius 3 is 2.75 bits per heavy atom. The highest BCUT2D eigenvalue weighted by Crippen LogP contribution is 2.33. The van der Waals surface area contributed by atoms with Crippen molar-refractivity contribution in [2.75, 3.05) is 5.32 Å². The molecule has 0 aliphatic heterocycles. The molecule has 0 aromatic carbocycles. The number of carboxylic acid groups (broad SMARTS) is 1. The largest absolute Gasteiger partial charge is 0.477 e. The van der Waals surface area contributed by atoms with Crippen LogP contribution in [0.2, 0.25) is 0 Å². The van der Waals surface area contributed by atoms with E-state index in [0.717, 1.165) is 16.2 Å². The highest BCUT2D eigenvalue weighted by molar-refractivity contribution is 7.19. The number of aromatic carboxylic acids is 1. The van der Waals surface area contributed by atoms with Crippen LogP contribution in [-0.2, 0) is 4.79 Å². The Morgan fingerprint density at radius 1 is 1.45 bits per heavy atom. The summed E-state index contributed by atoms with van der Waals surface area (Å²) in [5, 5.41) is 14.1. The lowest BCUT2D eigenvalue weighted by Gasteiger charge is -2.03. The summed E-state index contributed by atoms with van der Waals surface area (Å²) in [6.07, 6.45) is 0.385. The molecular formula is C13H14N2O3S2. The van der Waals surface area contributed by atoms with E-state index < -0.39 is 5.97 Å². The monoisotopic (exact) mass is 310 g/mol. The first-order chi connectivity index (χ1) is 9.47. The molecule has 0 saturated heterocycles. The highest BCUT2D eigenvalue weighted by atomic mass is 32.1. The van der Waals surface area contributed by atoms with Crippen LogP contribution in [0.5, 0.6) is 0 Å². The Balaban J connectivity index is 2.26. The van der Waals surface area contributed by atoms with Crippen molar-refractivity contribution in [3.63, 3.8) is 0 Å². The number of hydrogen-bond acceptors (Lipinski definition) is 5. The molecule has 0 atom stereocenters. The molecule has 0 saturated carbocycles. The number of rotatable bonds is 5. The van der Waals surface area contributed by atoms with Gasteiger partial charge in [0.25, 0.3) is 0 Å². The molecule has 0 unspecified atom stereocenters. The number of nitrogens with zero attached hydrogens (tertiary/aromatic N) is 1. The zero-order chi connectivity index (χ0) is 14.7. The van der Waals surface area contributed by atoms with Crippen molar-refractivity contribution in [2.24, 2.45) is 5.92 Å². The minimum Gasteiger partial charge on any atom is -0.477 e. The van der Waals surface area contributed by atoms with Crippen molar-refractivity contribution in [1.29, 1.82) is 0 Å². The fourth-order valence-corrected chi connectivity index (χ4v) is 3.26. The molecule has 2 aromatic rings. The van der Waals surface area contributed by atoms with Crippen molar-refractivity contribution in [2.45, 2.75) is 20.3 Å². The van der Waals surface area contributed by atoms with E-state index in [9.17, 15) is 14.7 Å². The van der Waals surface area contributed by atoms with Crippen LogP contribution in [-0.4, -0.2) is 22.0 Å². The Morgan fingerprint density at radius 2 is 2.20 bits per heavy atom. The van der Waals surface area contributed by atoms with Gasteiger partial charge in [0.1, 0.15) is 10.6 Å². The SMILES string of the molecule is CC(C)CC(=O)Nc1nc(-c2cccs2)c(C(=O)O)s1. The van der Waals surface area contributed by atoms with Gasteiger partial charge in [0.05, 0.1) is 4.88 Å². The number of carbonyl (C=O) groups excluding carboxylic acids is 1. The van der Waals surface area contributed by atoms with Crippen molar-refractivity contribution in [1.82, 2.24) is 4.98 Å². The number of anilines is 1. The fourth-order valence-electron chi connectivity index (χ4n) is 1.64. The van der Waals surface area contributed by atoms with E-state index in [1.54, 1.807) is 0 Å². The third kappa shape index (κ3) is 3.43. The van der Waals surface area contributed by atoms with Gasteiger partial charge in [-0.2, -0.15) is 0 Å². The molecule has 0 spiro atoms. The first kappa shape index (κ1) is 14.7. The van der Waals surface area contributed by atoms with E-state index in [2.05, 4.69) is 10.3 Å². The topological polar surface area (TPSA) is 79.3 Å². The van der Waals surface area contributed by atoms with Gasteiger partial charge in [-0.05, 0) is 17.4 Å². The van der Waals surface area contributed by atoms with Crippen LogP contribution in [0.3, 0.4) is 0 Å². The van der Waals surface area contributed by atoms with Gasteiger partial charge in [0.15, 0.2) is 5.13 Å². The number of carbonyl (C=O) groups is 2. The number of nitrogens with one attached hydrogen (secondary N) is 1. The number of thiophene rings is 1. The van der Waals surface area contributed by atoms with Crippen LogP contribution < -0.4 is 5.32 Å². The molecule has 0 fully saturated rings. The number of hydrogen-bond donors (Lipinski definition) is 2. The minimum atomic E-state index is -1.03. The van der Waals surface area contributed by atoms with Gasteiger partial charge in [-0.3, -0.25) is 4.79 Å². The molecule has 20 heavy (non-hydrogen) atoms. The van der Waals surface area contributed by atoms with Crippen molar-refractivity contribution >= 4 is 39.7 Å². The average Bonchev–Trinajstić information content (AvgIpc) is 2.94. The third-order valence-corrected chi connectivity index (χ3v) is 4.25. The highest BCUT2D eigenvalue weighted by Gasteiger charge is 2.20. The molecule has 5 nitrogen and oxygen atoms in total. The quantitative estimate of drug-likeness (QED) is 0.885. The molecule has 2 rings (SSSR count). The minimum absolute atomic E-state index is 0.146. The first-order valence-corrected chi connectivity index (χ1v) is 7.75. The Hall–Kier alpha value is -1.73. The molecule has 106 valence electrons. The standard InChI is InChI=1S/C13H14N2O3S2/c1-7(2)6-9(16)14-13-15-10(8-4-3-5-19-8)11(20-13)12(17)18/h3-5,7H,6H2,1-2H3,(H,17,18)(H,14,15,16). The smallest absolute Gasteiger partial charge is 0.348 e. The maximum Gasteiger partial charge on any atom is 0.348 e. The lowest BCUT2D eigenvalue weighted by atomic mass is 10.1. The summed E-state index contributed by atoms with van der Waals surface area (Å²) in [7, 11) is 0. The summed E-state index contributed by atoms with van der Waals surface area (Å²) in [4.78, 5) is 28.1. The maximum atomic E-state index is 11.7. The van der Waals surface area contributed by atoms with Crippen LogP contribution in [0.15, 0.2) is 17.5 Å². The van der Waals surface area contributed by atoms with Gasteiger partial charge in [-0.25, -0.2) is 9.78 Å². The van der Waals surface area contributed by atoms with Crippen molar-refractivity contribution in [3.05, 3.63) is 22.4 Å². The van der Waals surface area contributed by atoms with Gasteiger partial charge in [0, 0.05) is 6.42 Å². The van der Waals surface area contributed by atoms with Gasteiger partial charge in [-0.1, -0.05) is 31.3 Å². The molecule has 0 aliphatic carbocycles. The molecule has 0 bridgehead atoms. The predicted molar refractivity (Wildman–Crippen MR) is 80.5 cm³/mol. The van der Waals surface area contributed by atoms with Gasteiger partial charge in [0.2, 0.25) is 5.91 Å². The van der Waals surface area contributed by atoms with E-state index >= 15 is 0 Å². The molecule has 2 N–H and O–H groups in total. The van der Waals surface area contributed by atoms with Gasteiger partial charge in [-0.15, -0.1) is 11.3 Å². The normalized spacial score (nSPS) is 10.8. The second-order valence-corrected chi connectivity index (χ2v) is 6.57. The van der Waals surface area contributed by atoms with Crippen LogP contribution in [0, 0.1) is 5.92 Å². The van der Waals surface area contributed by atoms with E-state index in [4.69, 9.17) is 0 Å². The third-order valence-electron chi connectivity index (χ3n) is 2.42. The molecule has 0 aliphatic rings. The number of amides is 1. The Bertz CT molecular complexity index is 618. The Kier molecular flexibility index (Phi) is 4.51. The summed E-state index contributed by atoms with van der Waals surface area (Å²) in [6, 6.07) is 3.65.